The second kappa shape index (κ2) is 7.68. The number of hydrogen-bond acceptors (Lipinski definition) is 4. The van der Waals surface area contributed by atoms with Gasteiger partial charge >= 0.3 is 0 Å². The molecule has 0 spiro atoms. The van der Waals surface area contributed by atoms with E-state index in [-0.39, 0.29) is 5.91 Å². The lowest BCUT2D eigenvalue weighted by molar-refractivity contribution is 0.102. The summed E-state index contributed by atoms with van der Waals surface area (Å²) in [6.45, 7) is 0. The highest BCUT2D eigenvalue weighted by molar-refractivity contribution is 6.30. The van der Waals surface area contributed by atoms with Crippen LogP contribution in [0, 0.1) is 0 Å². The fourth-order valence-electron chi connectivity index (χ4n) is 2.20. The second-order valence-corrected chi connectivity index (χ2v) is 5.69. The van der Waals surface area contributed by atoms with Gasteiger partial charge < -0.3 is 15.4 Å². The largest absolute Gasteiger partial charge is 0.497 e. The lowest BCUT2D eigenvalue weighted by atomic mass is 10.2. The molecule has 3 aromatic rings. The van der Waals surface area contributed by atoms with Gasteiger partial charge in [0, 0.05) is 16.3 Å². The standard InChI is InChI=1S/C19H16ClN3O2/c1-25-17-8-5-13(6-9-17)19(24)23-16-7-10-18(21-12-16)22-15-4-2-3-14(20)11-15/h2-12H,1H3,(H,21,22)(H,23,24). The lowest BCUT2D eigenvalue weighted by Gasteiger charge is -2.08. The normalized spacial score (nSPS) is 10.2. The number of carbonyl (C=O) groups excluding carboxylic acids is 1. The molecule has 1 aromatic heterocycles. The third-order valence-electron chi connectivity index (χ3n) is 3.47. The average Bonchev–Trinajstić information content (AvgIpc) is 2.63. The third-order valence-corrected chi connectivity index (χ3v) is 3.71. The fourth-order valence-corrected chi connectivity index (χ4v) is 2.39. The van der Waals surface area contributed by atoms with E-state index in [0.717, 1.165) is 5.69 Å². The molecule has 2 aromatic carbocycles. The van der Waals surface area contributed by atoms with Crippen molar-refractivity contribution in [2.45, 2.75) is 0 Å². The van der Waals surface area contributed by atoms with Crippen LogP contribution in [0.1, 0.15) is 10.4 Å². The van der Waals surface area contributed by atoms with E-state index < -0.39 is 0 Å². The van der Waals surface area contributed by atoms with Gasteiger partial charge in [-0.25, -0.2) is 4.98 Å². The molecule has 5 nitrogen and oxygen atoms in total. The molecule has 0 bridgehead atoms. The maximum Gasteiger partial charge on any atom is 0.255 e. The van der Waals surface area contributed by atoms with E-state index in [9.17, 15) is 4.79 Å². The first-order chi connectivity index (χ1) is 12.1. The van der Waals surface area contributed by atoms with E-state index in [1.165, 1.54) is 0 Å². The molecule has 25 heavy (non-hydrogen) atoms. The quantitative estimate of drug-likeness (QED) is 0.695. The van der Waals surface area contributed by atoms with Crippen LogP contribution < -0.4 is 15.4 Å². The highest BCUT2D eigenvalue weighted by atomic mass is 35.5. The summed E-state index contributed by atoms with van der Waals surface area (Å²) in [7, 11) is 1.58. The Hall–Kier alpha value is -3.05. The number of anilines is 3. The molecule has 1 amide bonds. The van der Waals surface area contributed by atoms with E-state index in [0.29, 0.717) is 27.8 Å². The second-order valence-electron chi connectivity index (χ2n) is 5.25. The molecule has 0 atom stereocenters. The highest BCUT2D eigenvalue weighted by Gasteiger charge is 2.07. The summed E-state index contributed by atoms with van der Waals surface area (Å²) in [6.07, 6.45) is 1.59. The smallest absolute Gasteiger partial charge is 0.255 e. The Kier molecular flexibility index (Phi) is 5.16. The maximum atomic E-state index is 12.2. The maximum absolute atomic E-state index is 12.2. The van der Waals surface area contributed by atoms with Gasteiger partial charge in [0.05, 0.1) is 19.0 Å². The zero-order valence-corrected chi connectivity index (χ0v) is 14.2. The molecule has 0 aliphatic rings. The first-order valence-corrected chi connectivity index (χ1v) is 7.96. The monoisotopic (exact) mass is 353 g/mol. The lowest BCUT2D eigenvalue weighted by Crippen LogP contribution is -2.12. The zero-order valence-electron chi connectivity index (χ0n) is 13.5. The molecule has 3 rings (SSSR count). The van der Waals surface area contributed by atoms with Crippen molar-refractivity contribution in [2.24, 2.45) is 0 Å². The summed E-state index contributed by atoms with van der Waals surface area (Å²) in [4.78, 5) is 16.5. The number of amides is 1. The molecule has 0 saturated heterocycles. The van der Waals surface area contributed by atoms with Gasteiger partial charge in [-0.3, -0.25) is 4.79 Å². The van der Waals surface area contributed by atoms with Crippen molar-refractivity contribution in [1.29, 1.82) is 0 Å². The fraction of sp³-hybridized carbons (Fsp3) is 0.0526. The summed E-state index contributed by atoms with van der Waals surface area (Å²) in [5, 5.41) is 6.60. The predicted octanol–water partition coefficient (Wildman–Crippen LogP) is 4.74. The number of halogens is 1. The minimum Gasteiger partial charge on any atom is -0.497 e. The number of hydrogen-bond donors (Lipinski definition) is 2. The summed E-state index contributed by atoms with van der Waals surface area (Å²) in [6, 6.07) is 17.8. The molecule has 2 N–H and O–H groups in total. The number of aromatic nitrogens is 1. The van der Waals surface area contributed by atoms with Crippen LogP contribution in [0.2, 0.25) is 5.02 Å². The number of carbonyl (C=O) groups is 1. The number of ether oxygens (including phenoxy) is 1. The molecule has 0 fully saturated rings. The topological polar surface area (TPSA) is 63.2 Å². The van der Waals surface area contributed by atoms with Crippen LogP contribution in [0.15, 0.2) is 66.9 Å². The van der Waals surface area contributed by atoms with Crippen molar-refractivity contribution in [3.8, 4) is 5.75 Å². The third kappa shape index (κ3) is 4.49. The zero-order chi connectivity index (χ0) is 17.6. The summed E-state index contributed by atoms with van der Waals surface area (Å²) in [5.74, 6) is 1.15. The predicted molar refractivity (Wildman–Crippen MR) is 99.9 cm³/mol. The number of nitrogens with zero attached hydrogens (tertiary/aromatic N) is 1. The highest BCUT2D eigenvalue weighted by Crippen LogP contribution is 2.20. The van der Waals surface area contributed by atoms with Crippen LogP contribution in [-0.2, 0) is 0 Å². The Morgan fingerprint density at radius 1 is 1.04 bits per heavy atom. The minimum atomic E-state index is -0.208. The van der Waals surface area contributed by atoms with Crippen LogP contribution in [0.5, 0.6) is 5.75 Å². The molecule has 6 heteroatoms. The molecule has 126 valence electrons. The molecule has 0 unspecified atom stereocenters. The van der Waals surface area contributed by atoms with Crippen molar-refractivity contribution in [1.82, 2.24) is 4.98 Å². The Bertz CT molecular complexity index is 865. The van der Waals surface area contributed by atoms with Crippen molar-refractivity contribution >= 4 is 34.7 Å². The van der Waals surface area contributed by atoms with Gasteiger partial charge in [0.1, 0.15) is 11.6 Å². The first-order valence-electron chi connectivity index (χ1n) is 7.58. The summed E-state index contributed by atoms with van der Waals surface area (Å²) in [5.41, 5.74) is 1.99. The van der Waals surface area contributed by atoms with E-state index in [1.54, 1.807) is 55.8 Å². The Balaban J connectivity index is 1.64. The summed E-state index contributed by atoms with van der Waals surface area (Å²) < 4.78 is 5.08. The van der Waals surface area contributed by atoms with Crippen molar-refractivity contribution in [2.75, 3.05) is 17.7 Å². The number of pyridine rings is 1. The van der Waals surface area contributed by atoms with Crippen molar-refractivity contribution in [3.63, 3.8) is 0 Å². The van der Waals surface area contributed by atoms with E-state index in [2.05, 4.69) is 15.6 Å². The first kappa shape index (κ1) is 16.8. The van der Waals surface area contributed by atoms with Crippen LogP contribution in [0.25, 0.3) is 0 Å². The summed E-state index contributed by atoms with van der Waals surface area (Å²) >= 11 is 5.96. The van der Waals surface area contributed by atoms with Gasteiger partial charge in [0.2, 0.25) is 0 Å². The van der Waals surface area contributed by atoms with Gasteiger partial charge in [0.15, 0.2) is 0 Å². The Morgan fingerprint density at radius 2 is 1.84 bits per heavy atom. The van der Waals surface area contributed by atoms with Crippen molar-refractivity contribution < 1.29 is 9.53 Å². The SMILES string of the molecule is COc1ccc(C(=O)Nc2ccc(Nc3cccc(Cl)c3)nc2)cc1. The van der Waals surface area contributed by atoms with Crippen molar-refractivity contribution in [3.05, 3.63) is 77.4 Å². The number of nitrogens with one attached hydrogen (secondary N) is 2. The van der Waals surface area contributed by atoms with E-state index >= 15 is 0 Å². The number of benzene rings is 2. The molecule has 1 heterocycles. The minimum absolute atomic E-state index is 0.208. The van der Waals surface area contributed by atoms with Crippen LogP contribution >= 0.6 is 11.6 Å². The molecule has 0 radical (unpaired) electrons. The Labute approximate surface area is 150 Å². The van der Waals surface area contributed by atoms with Crippen LogP contribution in [0.3, 0.4) is 0 Å². The van der Waals surface area contributed by atoms with Gasteiger partial charge in [-0.2, -0.15) is 0 Å². The molecular weight excluding hydrogens is 338 g/mol. The Morgan fingerprint density at radius 3 is 2.48 bits per heavy atom. The molecule has 0 saturated carbocycles. The van der Waals surface area contributed by atoms with Gasteiger partial charge in [0.25, 0.3) is 5.91 Å². The van der Waals surface area contributed by atoms with E-state index in [1.807, 2.05) is 18.2 Å². The van der Waals surface area contributed by atoms with Crippen LogP contribution in [0.4, 0.5) is 17.2 Å². The molecule has 0 aliphatic carbocycles. The molecular formula is C19H16ClN3O2. The van der Waals surface area contributed by atoms with Gasteiger partial charge in [-0.15, -0.1) is 0 Å². The van der Waals surface area contributed by atoms with Gasteiger partial charge in [-0.1, -0.05) is 17.7 Å². The van der Waals surface area contributed by atoms with Gasteiger partial charge in [-0.05, 0) is 54.6 Å². The van der Waals surface area contributed by atoms with Crippen LogP contribution in [-0.4, -0.2) is 18.0 Å². The number of rotatable bonds is 5. The molecule has 0 aliphatic heterocycles. The van der Waals surface area contributed by atoms with E-state index in [4.69, 9.17) is 16.3 Å². The number of methoxy groups -OCH3 is 1. The average molecular weight is 354 g/mol.